The SMILES string of the molecule is CN(C)Cc1ccc(-c2ccc3ncc4ccc(=O)n(-c5ccc(S(C)=O)cc5)c4c3c2)cc1. The predicted octanol–water partition coefficient (Wildman–Crippen LogP) is 5.00. The molecule has 0 aliphatic carbocycles. The van der Waals surface area contributed by atoms with E-state index in [2.05, 4.69) is 60.4 Å². The standard InChI is InChI=1S/C28H25N3O2S/c1-30(2)18-19-4-6-20(7-5-19)21-8-14-26-25(16-21)28-22(17-29-26)9-15-27(32)31(28)23-10-12-24(13-11-23)34(3)33/h4-17H,18H2,1-3H3. The summed E-state index contributed by atoms with van der Waals surface area (Å²) < 4.78 is 13.5. The van der Waals surface area contributed by atoms with Gasteiger partial charge in [0.1, 0.15) is 0 Å². The Balaban J connectivity index is 1.71. The van der Waals surface area contributed by atoms with Gasteiger partial charge in [-0.05, 0) is 73.3 Å². The second-order valence-corrected chi connectivity index (χ2v) is 10.1. The van der Waals surface area contributed by atoms with Crippen molar-refractivity contribution >= 4 is 32.6 Å². The van der Waals surface area contributed by atoms with Crippen molar-refractivity contribution in [2.45, 2.75) is 11.4 Å². The molecule has 1 unspecified atom stereocenters. The van der Waals surface area contributed by atoms with Crippen LogP contribution in [0.1, 0.15) is 5.56 Å². The lowest BCUT2D eigenvalue weighted by molar-refractivity contribution is 0.402. The molecule has 2 aromatic heterocycles. The van der Waals surface area contributed by atoms with E-state index in [1.807, 2.05) is 24.3 Å². The molecule has 170 valence electrons. The lowest BCUT2D eigenvalue weighted by atomic mass is 10.0. The lowest BCUT2D eigenvalue weighted by Crippen LogP contribution is -2.17. The van der Waals surface area contributed by atoms with Gasteiger partial charge in [-0.2, -0.15) is 0 Å². The van der Waals surface area contributed by atoms with Crippen LogP contribution in [0.25, 0.3) is 38.6 Å². The maximum atomic E-state index is 13.1. The first-order valence-electron chi connectivity index (χ1n) is 11.0. The summed E-state index contributed by atoms with van der Waals surface area (Å²) >= 11 is 0. The Morgan fingerprint density at radius 1 is 0.882 bits per heavy atom. The fourth-order valence-electron chi connectivity index (χ4n) is 4.30. The zero-order valence-corrected chi connectivity index (χ0v) is 20.2. The number of hydrogen-bond acceptors (Lipinski definition) is 4. The minimum atomic E-state index is -1.08. The van der Waals surface area contributed by atoms with Crippen molar-refractivity contribution in [3.8, 4) is 16.8 Å². The van der Waals surface area contributed by atoms with Gasteiger partial charge in [-0.15, -0.1) is 0 Å². The smallest absolute Gasteiger partial charge is 0.255 e. The van der Waals surface area contributed by atoms with Crippen molar-refractivity contribution in [1.29, 1.82) is 0 Å². The van der Waals surface area contributed by atoms with Crippen molar-refractivity contribution in [3.63, 3.8) is 0 Å². The highest BCUT2D eigenvalue weighted by Gasteiger charge is 2.12. The van der Waals surface area contributed by atoms with E-state index in [4.69, 9.17) is 0 Å². The minimum Gasteiger partial charge on any atom is -0.305 e. The Bertz CT molecular complexity index is 1590. The van der Waals surface area contributed by atoms with Gasteiger partial charge in [0.15, 0.2) is 0 Å². The molecule has 1 atom stereocenters. The Kier molecular flexibility index (Phi) is 5.86. The van der Waals surface area contributed by atoms with E-state index < -0.39 is 10.8 Å². The van der Waals surface area contributed by atoms with Gasteiger partial charge in [0.2, 0.25) is 0 Å². The van der Waals surface area contributed by atoms with Crippen LogP contribution in [0.5, 0.6) is 0 Å². The van der Waals surface area contributed by atoms with Crippen LogP contribution in [0.15, 0.2) is 94.7 Å². The number of aromatic nitrogens is 2. The molecule has 0 N–H and O–H groups in total. The predicted molar refractivity (Wildman–Crippen MR) is 140 cm³/mol. The molecule has 6 heteroatoms. The van der Waals surface area contributed by atoms with Crippen LogP contribution in [-0.2, 0) is 17.3 Å². The number of nitrogens with zero attached hydrogens (tertiary/aromatic N) is 3. The maximum absolute atomic E-state index is 13.1. The van der Waals surface area contributed by atoms with Crippen LogP contribution < -0.4 is 5.56 Å². The molecule has 0 amide bonds. The Morgan fingerprint density at radius 2 is 1.59 bits per heavy atom. The summed E-state index contributed by atoms with van der Waals surface area (Å²) in [5, 5.41) is 1.79. The van der Waals surface area contributed by atoms with Crippen LogP contribution in [0.3, 0.4) is 0 Å². The average molecular weight is 468 g/mol. The van der Waals surface area contributed by atoms with Crippen LogP contribution in [0.4, 0.5) is 0 Å². The highest BCUT2D eigenvalue weighted by atomic mass is 32.2. The Morgan fingerprint density at radius 3 is 2.26 bits per heavy atom. The molecular weight excluding hydrogens is 442 g/mol. The summed E-state index contributed by atoms with van der Waals surface area (Å²) in [5.74, 6) is 0. The number of benzene rings is 3. The Hall–Kier alpha value is -3.61. The Labute approximate surface area is 200 Å². The average Bonchev–Trinajstić information content (AvgIpc) is 2.84. The molecular formula is C28H25N3O2S. The molecule has 2 heterocycles. The molecule has 0 radical (unpaired) electrons. The molecule has 0 fully saturated rings. The van der Waals surface area contributed by atoms with Crippen LogP contribution in [0, 0.1) is 0 Å². The molecule has 0 spiro atoms. The molecule has 5 nitrogen and oxygen atoms in total. The van der Waals surface area contributed by atoms with E-state index in [0.29, 0.717) is 0 Å². The van der Waals surface area contributed by atoms with Crippen LogP contribution in [0.2, 0.25) is 0 Å². The van der Waals surface area contributed by atoms with E-state index in [0.717, 1.165) is 50.1 Å². The molecule has 0 saturated carbocycles. The molecule has 0 bridgehead atoms. The van der Waals surface area contributed by atoms with Gasteiger partial charge in [0.05, 0.1) is 11.0 Å². The van der Waals surface area contributed by atoms with E-state index in [-0.39, 0.29) is 5.56 Å². The topological polar surface area (TPSA) is 55.2 Å². The van der Waals surface area contributed by atoms with Gasteiger partial charge in [-0.3, -0.25) is 18.6 Å². The van der Waals surface area contributed by atoms with Gasteiger partial charge in [0, 0.05) is 57.2 Å². The van der Waals surface area contributed by atoms with Crippen LogP contribution in [-0.4, -0.2) is 39.0 Å². The minimum absolute atomic E-state index is 0.121. The maximum Gasteiger partial charge on any atom is 0.255 e. The van der Waals surface area contributed by atoms with E-state index in [1.165, 1.54) is 5.56 Å². The first-order valence-corrected chi connectivity index (χ1v) is 12.6. The van der Waals surface area contributed by atoms with Crippen LogP contribution >= 0.6 is 0 Å². The summed E-state index contributed by atoms with van der Waals surface area (Å²) in [6.07, 6.45) is 3.45. The van der Waals surface area contributed by atoms with Gasteiger partial charge in [-0.25, -0.2) is 0 Å². The number of hydrogen-bond donors (Lipinski definition) is 0. The molecule has 34 heavy (non-hydrogen) atoms. The summed E-state index contributed by atoms with van der Waals surface area (Å²) in [4.78, 5) is 20.6. The summed E-state index contributed by atoms with van der Waals surface area (Å²) in [7, 11) is 3.04. The van der Waals surface area contributed by atoms with Gasteiger partial charge < -0.3 is 4.90 Å². The molecule has 0 aliphatic heterocycles. The van der Waals surface area contributed by atoms with Crippen molar-refractivity contribution in [2.24, 2.45) is 0 Å². The van der Waals surface area contributed by atoms with E-state index >= 15 is 0 Å². The van der Waals surface area contributed by atoms with Gasteiger partial charge in [-0.1, -0.05) is 30.3 Å². The normalized spacial score (nSPS) is 12.5. The summed E-state index contributed by atoms with van der Waals surface area (Å²) in [6, 6.07) is 25.4. The first-order chi connectivity index (χ1) is 16.4. The van der Waals surface area contributed by atoms with Crippen molar-refractivity contribution in [1.82, 2.24) is 14.5 Å². The summed E-state index contributed by atoms with van der Waals surface area (Å²) in [6.45, 7) is 0.892. The molecule has 5 aromatic rings. The first kappa shape index (κ1) is 22.2. The van der Waals surface area contributed by atoms with Crippen molar-refractivity contribution < 1.29 is 4.21 Å². The third-order valence-corrected chi connectivity index (χ3v) is 6.87. The van der Waals surface area contributed by atoms with E-state index in [1.54, 1.807) is 35.2 Å². The quantitative estimate of drug-likeness (QED) is 0.341. The highest BCUT2D eigenvalue weighted by molar-refractivity contribution is 7.84. The molecule has 5 rings (SSSR count). The van der Waals surface area contributed by atoms with Crippen molar-refractivity contribution in [2.75, 3.05) is 20.4 Å². The fraction of sp³-hybridized carbons (Fsp3) is 0.143. The number of pyridine rings is 2. The van der Waals surface area contributed by atoms with Crippen molar-refractivity contribution in [3.05, 3.63) is 101 Å². The molecule has 3 aromatic carbocycles. The number of fused-ring (bicyclic) bond motifs is 3. The third-order valence-electron chi connectivity index (χ3n) is 5.93. The molecule has 0 saturated heterocycles. The highest BCUT2D eigenvalue weighted by Crippen LogP contribution is 2.30. The van der Waals surface area contributed by atoms with Gasteiger partial charge >= 0.3 is 0 Å². The van der Waals surface area contributed by atoms with Gasteiger partial charge in [0.25, 0.3) is 5.56 Å². The largest absolute Gasteiger partial charge is 0.305 e. The monoisotopic (exact) mass is 467 g/mol. The summed E-state index contributed by atoms with van der Waals surface area (Å²) in [5.41, 5.74) is 5.69. The molecule has 0 aliphatic rings. The zero-order valence-electron chi connectivity index (χ0n) is 19.4. The third kappa shape index (κ3) is 4.18. The van der Waals surface area contributed by atoms with E-state index in [9.17, 15) is 9.00 Å². The lowest BCUT2D eigenvalue weighted by Gasteiger charge is -2.14. The number of rotatable bonds is 5. The zero-order chi connectivity index (χ0) is 23.8. The fourth-order valence-corrected chi connectivity index (χ4v) is 4.82. The second kappa shape index (κ2) is 8.97. The second-order valence-electron chi connectivity index (χ2n) is 8.68.